The summed E-state index contributed by atoms with van der Waals surface area (Å²) < 4.78 is 0. The van der Waals surface area contributed by atoms with Crippen molar-refractivity contribution in [1.82, 2.24) is 0 Å². The molecule has 0 spiro atoms. The van der Waals surface area contributed by atoms with E-state index < -0.39 is 0 Å². The van der Waals surface area contributed by atoms with Crippen LogP contribution in [0.4, 0.5) is 0 Å². The predicted octanol–water partition coefficient (Wildman–Crippen LogP) is 5.59. The molecule has 25 heavy (non-hydrogen) atoms. The first-order valence-corrected chi connectivity index (χ1v) is 9.40. The predicted molar refractivity (Wildman–Crippen MR) is 108 cm³/mol. The zero-order valence-corrected chi connectivity index (χ0v) is 15.5. The van der Waals surface area contributed by atoms with Gasteiger partial charge >= 0.3 is 0 Å². The molecular weight excluding hydrogens is 324 g/mol. The van der Waals surface area contributed by atoms with E-state index in [0.717, 1.165) is 17.1 Å². The monoisotopic (exact) mass is 344 g/mol. The molecule has 0 radical (unpaired) electrons. The minimum absolute atomic E-state index is 0.653. The summed E-state index contributed by atoms with van der Waals surface area (Å²) in [5, 5.41) is 4.43. The Bertz CT molecular complexity index is 1010. The second kappa shape index (κ2) is 6.41. The lowest BCUT2D eigenvalue weighted by Gasteiger charge is -2.08. The van der Waals surface area contributed by atoms with E-state index in [0.29, 0.717) is 6.54 Å². The van der Waals surface area contributed by atoms with Gasteiger partial charge in [-0.05, 0) is 71.0 Å². The molecule has 3 heteroatoms. The van der Waals surface area contributed by atoms with E-state index in [1.165, 1.54) is 33.4 Å². The van der Waals surface area contributed by atoms with Crippen molar-refractivity contribution in [2.45, 2.75) is 20.8 Å². The van der Waals surface area contributed by atoms with Gasteiger partial charge < -0.3 is 0 Å². The van der Waals surface area contributed by atoms with Crippen LogP contribution in [0.2, 0.25) is 0 Å². The van der Waals surface area contributed by atoms with Gasteiger partial charge in [0.2, 0.25) is 0 Å². The number of nitrogens with zero attached hydrogens (tertiary/aromatic N) is 2. The van der Waals surface area contributed by atoms with Crippen LogP contribution in [0.3, 0.4) is 0 Å². The molecule has 0 saturated carbocycles. The van der Waals surface area contributed by atoms with Crippen molar-refractivity contribution in [3.05, 3.63) is 81.0 Å². The Kier molecular flexibility index (Phi) is 4.10. The highest BCUT2D eigenvalue weighted by molar-refractivity contribution is 7.08. The van der Waals surface area contributed by atoms with Gasteiger partial charge in [-0.2, -0.15) is 11.3 Å². The van der Waals surface area contributed by atoms with Crippen LogP contribution in [0.15, 0.2) is 63.2 Å². The summed E-state index contributed by atoms with van der Waals surface area (Å²) in [5.74, 6) is 0.850. The maximum Gasteiger partial charge on any atom is 0.155 e. The SMILES string of the molecule is Cc1ccccc1C1=NCC(c2ccc(-c3cscc3C)c(C)c2)=N1. The van der Waals surface area contributed by atoms with Crippen molar-refractivity contribution in [2.24, 2.45) is 9.98 Å². The summed E-state index contributed by atoms with van der Waals surface area (Å²) in [5.41, 5.74) is 9.82. The Morgan fingerprint density at radius 3 is 2.36 bits per heavy atom. The van der Waals surface area contributed by atoms with Crippen LogP contribution in [-0.2, 0) is 0 Å². The van der Waals surface area contributed by atoms with Gasteiger partial charge in [0.1, 0.15) is 0 Å². The van der Waals surface area contributed by atoms with Crippen LogP contribution in [0.5, 0.6) is 0 Å². The topological polar surface area (TPSA) is 24.7 Å². The average Bonchev–Trinajstić information content (AvgIpc) is 3.25. The molecule has 4 rings (SSSR count). The number of benzene rings is 2. The lowest BCUT2D eigenvalue weighted by atomic mass is 9.97. The van der Waals surface area contributed by atoms with Gasteiger partial charge in [-0.25, -0.2) is 4.99 Å². The maximum atomic E-state index is 4.81. The normalized spacial score (nSPS) is 13.7. The van der Waals surface area contributed by atoms with Crippen molar-refractivity contribution >= 4 is 22.9 Å². The standard InChI is InChI=1S/C22H20N2S/c1-14-6-4-5-7-19(14)22-23-11-21(24-22)17-8-9-18(15(2)10-17)20-13-25-12-16(20)3/h4-10,12-13H,11H2,1-3H3. The molecule has 0 unspecified atom stereocenters. The van der Waals surface area contributed by atoms with E-state index in [1.807, 2.05) is 12.1 Å². The summed E-state index contributed by atoms with van der Waals surface area (Å²) >= 11 is 1.76. The van der Waals surface area contributed by atoms with E-state index >= 15 is 0 Å². The molecule has 0 amide bonds. The fraction of sp³-hybridized carbons (Fsp3) is 0.182. The highest BCUT2D eigenvalue weighted by Crippen LogP contribution is 2.30. The number of aliphatic imine (C=N–C) groups is 2. The van der Waals surface area contributed by atoms with Gasteiger partial charge in [0.25, 0.3) is 0 Å². The molecule has 1 aliphatic heterocycles. The molecule has 0 atom stereocenters. The smallest absolute Gasteiger partial charge is 0.155 e. The van der Waals surface area contributed by atoms with Gasteiger partial charge in [0, 0.05) is 5.56 Å². The Balaban J connectivity index is 1.66. The Hall–Kier alpha value is -2.52. The summed E-state index contributed by atoms with van der Waals surface area (Å²) in [6.07, 6.45) is 0. The van der Waals surface area contributed by atoms with E-state index in [1.54, 1.807) is 11.3 Å². The second-order valence-corrected chi connectivity index (χ2v) is 7.25. The summed E-state index contributed by atoms with van der Waals surface area (Å²) in [7, 11) is 0. The highest BCUT2D eigenvalue weighted by Gasteiger charge is 2.16. The minimum atomic E-state index is 0.653. The first kappa shape index (κ1) is 16.0. The molecule has 3 aromatic rings. The fourth-order valence-electron chi connectivity index (χ4n) is 3.26. The van der Waals surface area contributed by atoms with Crippen LogP contribution in [0.1, 0.15) is 27.8 Å². The van der Waals surface area contributed by atoms with Crippen LogP contribution in [0.25, 0.3) is 11.1 Å². The zero-order valence-electron chi connectivity index (χ0n) is 14.7. The average molecular weight is 344 g/mol. The van der Waals surface area contributed by atoms with Crippen molar-refractivity contribution in [2.75, 3.05) is 6.54 Å². The zero-order chi connectivity index (χ0) is 17.4. The van der Waals surface area contributed by atoms with Crippen molar-refractivity contribution < 1.29 is 0 Å². The number of amidine groups is 1. The Morgan fingerprint density at radius 1 is 0.800 bits per heavy atom. The minimum Gasteiger partial charge on any atom is -0.260 e. The van der Waals surface area contributed by atoms with Crippen molar-refractivity contribution in [3.63, 3.8) is 0 Å². The molecule has 2 heterocycles. The molecule has 0 fully saturated rings. The molecule has 0 aliphatic carbocycles. The first-order valence-electron chi connectivity index (χ1n) is 8.45. The van der Waals surface area contributed by atoms with Crippen molar-refractivity contribution in [1.29, 1.82) is 0 Å². The largest absolute Gasteiger partial charge is 0.260 e. The molecule has 1 aliphatic rings. The molecule has 0 N–H and O–H groups in total. The van der Waals surface area contributed by atoms with Crippen LogP contribution in [-0.4, -0.2) is 18.1 Å². The molecular formula is C22H20N2S. The molecule has 0 bridgehead atoms. The number of hydrogen-bond acceptors (Lipinski definition) is 3. The quantitative estimate of drug-likeness (QED) is 0.592. The number of thiophene rings is 1. The number of aryl methyl sites for hydroxylation is 3. The van der Waals surface area contributed by atoms with Gasteiger partial charge in [0.05, 0.1) is 12.3 Å². The van der Waals surface area contributed by atoms with Crippen LogP contribution >= 0.6 is 11.3 Å². The van der Waals surface area contributed by atoms with Crippen LogP contribution < -0.4 is 0 Å². The lowest BCUT2D eigenvalue weighted by molar-refractivity contribution is 1.32. The summed E-state index contributed by atoms with van der Waals surface area (Å²) in [6, 6.07) is 14.9. The summed E-state index contributed by atoms with van der Waals surface area (Å²) in [6.45, 7) is 7.10. The van der Waals surface area contributed by atoms with Gasteiger partial charge in [-0.1, -0.05) is 36.4 Å². The number of hydrogen-bond donors (Lipinski definition) is 0. The Morgan fingerprint density at radius 2 is 1.64 bits per heavy atom. The third-order valence-corrected chi connectivity index (χ3v) is 5.57. The lowest BCUT2D eigenvalue weighted by Crippen LogP contribution is -2.03. The maximum absolute atomic E-state index is 4.81. The molecule has 1 aromatic heterocycles. The number of rotatable bonds is 3. The second-order valence-electron chi connectivity index (χ2n) is 6.51. The highest BCUT2D eigenvalue weighted by atomic mass is 32.1. The third-order valence-electron chi connectivity index (χ3n) is 4.71. The van der Waals surface area contributed by atoms with Gasteiger partial charge in [-0.3, -0.25) is 4.99 Å². The van der Waals surface area contributed by atoms with E-state index in [-0.39, 0.29) is 0 Å². The Labute approximate surface area is 152 Å². The van der Waals surface area contributed by atoms with Gasteiger partial charge in [0.15, 0.2) is 5.84 Å². The first-order chi connectivity index (χ1) is 12.1. The van der Waals surface area contributed by atoms with Crippen LogP contribution in [0, 0.1) is 20.8 Å². The molecule has 0 saturated heterocycles. The van der Waals surface area contributed by atoms with Crippen molar-refractivity contribution in [3.8, 4) is 11.1 Å². The molecule has 2 nitrogen and oxygen atoms in total. The van der Waals surface area contributed by atoms with E-state index in [2.05, 4.69) is 66.9 Å². The molecule has 124 valence electrons. The molecule has 2 aromatic carbocycles. The van der Waals surface area contributed by atoms with Gasteiger partial charge in [-0.15, -0.1) is 0 Å². The summed E-state index contributed by atoms with van der Waals surface area (Å²) in [4.78, 5) is 9.46. The third kappa shape index (κ3) is 2.96. The van der Waals surface area contributed by atoms with E-state index in [4.69, 9.17) is 4.99 Å². The van der Waals surface area contributed by atoms with E-state index in [9.17, 15) is 0 Å². The fourth-order valence-corrected chi connectivity index (χ4v) is 4.10.